The molecule has 2 amide bonds. The van der Waals surface area contributed by atoms with Gasteiger partial charge in [-0.2, -0.15) is 13.2 Å². The Kier molecular flexibility index (Phi) is 12.6. The van der Waals surface area contributed by atoms with Crippen molar-refractivity contribution >= 4 is 23.2 Å². The first-order valence-corrected chi connectivity index (χ1v) is 16.0. The molecule has 6 rings (SSSR count). The number of hydrogen-bond acceptors (Lipinski definition) is 9. The molecule has 0 radical (unpaired) electrons. The van der Waals surface area contributed by atoms with Gasteiger partial charge in [-0.3, -0.25) is 14.6 Å². The minimum Gasteiger partial charge on any atom is -0.478 e. The van der Waals surface area contributed by atoms with E-state index < -0.39 is 35.5 Å². The predicted molar refractivity (Wildman–Crippen MR) is 176 cm³/mol. The van der Waals surface area contributed by atoms with Crippen molar-refractivity contribution in [3.8, 4) is 5.88 Å². The number of benzene rings is 2. The number of nitrogens with zero attached hydrogens (tertiary/aromatic N) is 2. The molecule has 2 aromatic heterocycles. The Morgan fingerprint density at radius 3 is 1.75 bits per heavy atom. The average molecular weight is 715 g/mol. The molecule has 0 aliphatic carbocycles. The zero-order chi connectivity index (χ0) is 36.4. The second kappa shape index (κ2) is 17.3. The third kappa shape index (κ3) is 10.3. The summed E-state index contributed by atoms with van der Waals surface area (Å²) in [5.74, 6) is -1.75. The van der Waals surface area contributed by atoms with Crippen LogP contribution in [0.1, 0.15) is 56.7 Å². The molecule has 4 heterocycles. The molecule has 4 N–H and O–H groups in total. The summed E-state index contributed by atoms with van der Waals surface area (Å²) >= 11 is 0. The number of carbonyl (C=O) groups is 2. The average Bonchev–Trinajstić information content (AvgIpc) is 3.13. The van der Waals surface area contributed by atoms with E-state index >= 15 is 0 Å². The van der Waals surface area contributed by atoms with Crippen LogP contribution < -0.4 is 26.0 Å². The Labute approximate surface area is 289 Å². The van der Waals surface area contributed by atoms with E-state index in [9.17, 15) is 31.5 Å². The summed E-state index contributed by atoms with van der Waals surface area (Å²) in [5, 5.41) is 11.3. The Morgan fingerprint density at radius 2 is 1.29 bits per heavy atom. The first-order chi connectivity index (χ1) is 24.5. The monoisotopic (exact) mass is 714 g/mol. The molecule has 2 saturated heterocycles. The van der Waals surface area contributed by atoms with Crippen molar-refractivity contribution in [2.75, 3.05) is 56.6 Å². The number of anilines is 2. The molecular formula is C35H35F5N6O5. The Hall–Kier alpha value is -5.03. The van der Waals surface area contributed by atoms with Crippen molar-refractivity contribution in [3.63, 3.8) is 0 Å². The van der Waals surface area contributed by atoms with Crippen molar-refractivity contribution in [3.05, 3.63) is 113 Å². The van der Waals surface area contributed by atoms with Gasteiger partial charge >= 0.3 is 6.18 Å². The van der Waals surface area contributed by atoms with Gasteiger partial charge in [0.05, 0.1) is 32.0 Å². The minimum absolute atomic E-state index is 0.130. The SMILES string of the molecule is CCOc1cc(C(=O)Nc2ccc([C@H]3CNCCO3)c(F)c2)ccn1.O=C(Nc1ccc([C@H]2CNCCO2)c(F)c1)c1ccnc(C(F)(F)F)c1. The number of rotatable bonds is 8. The van der Waals surface area contributed by atoms with Crippen LogP contribution in [0.2, 0.25) is 0 Å². The van der Waals surface area contributed by atoms with E-state index in [1.54, 1.807) is 24.3 Å². The highest BCUT2D eigenvalue weighted by atomic mass is 19.4. The van der Waals surface area contributed by atoms with Crippen LogP contribution in [0.15, 0.2) is 73.1 Å². The summed E-state index contributed by atoms with van der Waals surface area (Å²) in [7, 11) is 0. The van der Waals surface area contributed by atoms with Crippen molar-refractivity contribution < 1.29 is 45.8 Å². The van der Waals surface area contributed by atoms with Crippen molar-refractivity contribution in [2.24, 2.45) is 0 Å². The number of hydrogen-bond donors (Lipinski definition) is 4. The molecule has 0 spiro atoms. The second-order valence-electron chi connectivity index (χ2n) is 11.3. The molecule has 4 aromatic rings. The lowest BCUT2D eigenvalue weighted by Crippen LogP contribution is -2.33. The van der Waals surface area contributed by atoms with Gasteiger partial charge in [-0.15, -0.1) is 0 Å². The molecule has 2 aromatic carbocycles. The van der Waals surface area contributed by atoms with Crippen LogP contribution in [0, 0.1) is 11.6 Å². The highest BCUT2D eigenvalue weighted by molar-refractivity contribution is 6.05. The maximum atomic E-state index is 14.4. The summed E-state index contributed by atoms with van der Waals surface area (Å²) in [5.41, 5.74) is 0.328. The first-order valence-electron chi connectivity index (χ1n) is 16.0. The third-order valence-electron chi connectivity index (χ3n) is 7.67. The minimum atomic E-state index is -4.65. The lowest BCUT2D eigenvalue weighted by Gasteiger charge is -2.24. The summed E-state index contributed by atoms with van der Waals surface area (Å²) < 4.78 is 83.0. The molecule has 11 nitrogen and oxygen atoms in total. The molecular weight excluding hydrogens is 679 g/mol. The zero-order valence-corrected chi connectivity index (χ0v) is 27.4. The number of halogens is 5. The fraction of sp³-hybridized carbons (Fsp3) is 0.314. The Bertz CT molecular complexity index is 1820. The molecule has 0 saturated carbocycles. The molecule has 2 fully saturated rings. The molecule has 16 heteroatoms. The lowest BCUT2D eigenvalue weighted by atomic mass is 10.1. The van der Waals surface area contributed by atoms with E-state index in [0.29, 0.717) is 73.8 Å². The van der Waals surface area contributed by atoms with Gasteiger partial charge < -0.3 is 35.5 Å². The maximum absolute atomic E-state index is 14.4. The summed E-state index contributed by atoms with van der Waals surface area (Å²) in [6, 6.07) is 13.6. The number of pyridine rings is 2. The Morgan fingerprint density at radius 1 is 0.784 bits per heavy atom. The Balaban J connectivity index is 0.000000198. The van der Waals surface area contributed by atoms with E-state index in [0.717, 1.165) is 24.9 Å². The summed E-state index contributed by atoms with van der Waals surface area (Å²) in [6.07, 6.45) is -3.00. The van der Waals surface area contributed by atoms with Gasteiger partial charge in [-0.05, 0) is 49.4 Å². The molecule has 2 aliphatic heterocycles. The standard InChI is InChI=1S/C18H20FN3O3.C17H15F4N3O2/c1-2-24-17-9-12(5-6-21-17)18(23)22-13-3-4-14(15(19)10-13)16-11-20-7-8-25-16;18-13-8-11(1-2-12(13)14-9-22-5-6-26-14)24-16(25)10-3-4-23-15(7-10)17(19,20)21/h3-6,9-10,16,20H,2,7-8,11H2,1H3,(H,22,23);1-4,7-8,14,22H,5-6,9H2,(H,24,25)/t16-;14-/m11/s1. The largest absolute Gasteiger partial charge is 0.478 e. The third-order valence-corrected chi connectivity index (χ3v) is 7.67. The topological polar surface area (TPSA) is 136 Å². The smallest absolute Gasteiger partial charge is 0.433 e. The van der Waals surface area contributed by atoms with Crippen LogP contribution in [0.5, 0.6) is 5.88 Å². The van der Waals surface area contributed by atoms with Gasteiger partial charge in [0.25, 0.3) is 11.8 Å². The van der Waals surface area contributed by atoms with E-state index in [1.807, 2.05) is 6.92 Å². The zero-order valence-electron chi connectivity index (χ0n) is 27.4. The number of nitrogens with one attached hydrogen (secondary N) is 4. The summed E-state index contributed by atoms with van der Waals surface area (Å²) in [4.78, 5) is 31.7. The van der Waals surface area contributed by atoms with Crippen LogP contribution in [-0.2, 0) is 15.7 Å². The number of amides is 2. The molecule has 51 heavy (non-hydrogen) atoms. The summed E-state index contributed by atoms with van der Waals surface area (Å²) in [6.45, 7) is 5.81. The van der Waals surface area contributed by atoms with Gasteiger partial charge in [0.1, 0.15) is 17.3 Å². The number of aromatic nitrogens is 2. The molecule has 0 unspecified atom stereocenters. The van der Waals surface area contributed by atoms with E-state index in [-0.39, 0.29) is 23.3 Å². The van der Waals surface area contributed by atoms with Gasteiger partial charge in [0.15, 0.2) is 0 Å². The predicted octanol–water partition coefficient (Wildman–Crippen LogP) is 5.69. The molecule has 2 aliphatic rings. The normalized spacial score (nSPS) is 17.5. The van der Waals surface area contributed by atoms with Crippen LogP contribution in [0.3, 0.4) is 0 Å². The van der Waals surface area contributed by atoms with Crippen LogP contribution in [-0.4, -0.2) is 67.8 Å². The fourth-order valence-corrected chi connectivity index (χ4v) is 5.17. The first kappa shape index (κ1) is 37.2. The highest BCUT2D eigenvalue weighted by Gasteiger charge is 2.33. The van der Waals surface area contributed by atoms with Gasteiger partial charge in [-0.25, -0.2) is 13.8 Å². The van der Waals surface area contributed by atoms with E-state index in [1.165, 1.54) is 24.4 Å². The molecule has 0 bridgehead atoms. The highest BCUT2D eigenvalue weighted by Crippen LogP contribution is 2.29. The van der Waals surface area contributed by atoms with Gasteiger partial charge in [0, 0.05) is 78.3 Å². The van der Waals surface area contributed by atoms with Crippen molar-refractivity contribution in [1.29, 1.82) is 0 Å². The van der Waals surface area contributed by atoms with Crippen LogP contribution >= 0.6 is 0 Å². The molecule has 2 atom stereocenters. The van der Waals surface area contributed by atoms with E-state index in [2.05, 4.69) is 31.2 Å². The quantitative estimate of drug-likeness (QED) is 0.170. The fourth-order valence-electron chi connectivity index (χ4n) is 5.17. The number of morpholine rings is 2. The number of ether oxygens (including phenoxy) is 3. The second-order valence-corrected chi connectivity index (χ2v) is 11.3. The lowest BCUT2D eigenvalue weighted by molar-refractivity contribution is -0.141. The molecule has 270 valence electrons. The van der Waals surface area contributed by atoms with Crippen molar-refractivity contribution in [1.82, 2.24) is 20.6 Å². The van der Waals surface area contributed by atoms with E-state index in [4.69, 9.17) is 14.2 Å². The number of carbonyl (C=O) groups excluding carboxylic acids is 2. The maximum Gasteiger partial charge on any atom is 0.433 e. The van der Waals surface area contributed by atoms with Gasteiger partial charge in [0.2, 0.25) is 5.88 Å². The number of alkyl halides is 3. The van der Waals surface area contributed by atoms with Crippen LogP contribution in [0.4, 0.5) is 33.3 Å². The van der Waals surface area contributed by atoms with Crippen LogP contribution in [0.25, 0.3) is 0 Å². The van der Waals surface area contributed by atoms with Gasteiger partial charge in [-0.1, -0.05) is 12.1 Å². The van der Waals surface area contributed by atoms with Crippen molar-refractivity contribution in [2.45, 2.75) is 25.3 Å².